The fraction of sp³-hybridized carbons (Fsp3) is 0.263. The highest BCUT2D eigenvalue weighted by Crippen LogP contribution is 2.16. The lowest BCUT2D eigenvalue weighted by atomic mass is 10.1. The number of carbonyl (C=O) groups is 2. The molecular formula is C19H22N2O2. The van der Waals surface area contributed by atoms with E-state index in [0.29, 0.717) is 11.3 Å². The van der Waals surface area contributed by atoms with E-state index in [2.05, 4.69) is 10.6 Å². The van der Waals surface area contributed by atoms with Crippen LogP contribution in [0.4, 0.5) is 5.69 Å². The van der Waals surface area contributed by atoms with E-state index in [-0.39, 0.29) is 23.8 Å². The minimum absolute atomic E-state index is 0.146. The van der Waals surface area contributed by atoms with E-state index in [0.717, 1.165) is 5.56 Å². The molecule has 0 aliphatic rings. The van der Waals surface area contributed by atoms with Crippen molar-refractivity contribution in [3.8, 4) is 0 Å². The monoisotopic (exact) mass is 310 g/mol. The van der Waals surface area contributed by atoms with Crippen LogP contribution >= 0.6 is 0 Å². The van der Waals surface area contributed by atoms with Gasteiger partial charge in [0.05, 0.1) is 17.7 Å². The van der Waals surface area contributed by atoms with Gasteiger partial charge in [-0.15, -0.1) is 0 Å². The SMILES string of the molecule is CC(C)(C)NC(=O)c1ccccc1NC(=O)Cc1ccccc1. The molecule has 0 saturated heterocycles. The van der Waals surface area contributed by atoms with Crippen molar-refractivity contribution >= 4 is 17.5 Å². The number of rotatable bonds is 4. The van der Waals surface area contributed by atoms with Gasteiger partial charge in [0.15, 0.2) is 0 Å². The predicted molar refractivity (Wildman–Crippen MR) is 92.4 cm³/mol. The first-order valence-electron chi connectivity index (χ1n) is 7.60. The number of carbonyl (C=O) groups excluding carboxylic acids is 2. The van der Waals surface area contributed by atoms with E-state index in [1.165, 1.54) is 0 Å². The normalized spacial score (nSPS) is 10.9. The predicted octanol–water partition coefficient (Wildman–Crippen LogP) is 3.40. The largest absolute Gasteiger partial charge is 0.347 e. The summed E-state index contributed by atoms with van der Waals surface area (Å²) in [4.78, 5) is 24.6. The molecule has 2 N–H and O–H groups in total. The summed E-state index contributed by atoms with van der Waals surface area (Å²) in [6, 6.07) is 16.5. The van der Waals surface area contributed by atoms with Gasteiger partial charge in [0.1, 0.15) is 0 Å². The smallest absolute Gasteiger partial charge is 0.253 e. The van der Waals surface area contributed by atoms with Crippen LogP contribution in [0.5, 0.6) is 0 Å². The third kappa shape index (κ3) is 5.25. The van der Waals surface area contributed by atoms with Crippen LogP contribution in [-0.2, 0) is 11.2 Å². The number of hydrogen-bond donors (Lipinski definition) is 2. The molecule has 0 unspecified atom stereocenters. The Morgan fingerprint density at radius 2 is 1.52 bits per heavy atom. The lowest BCUT2D eigenvalue weighted by Gasteiger charge is -2.21. The van der Waals surface area contributed by atoms with Gasteiger partial charge in [-0.05, 0) is 38.5 Å². The first-order valence-corrected chi connectivity index (χ1v) is 7.60. The van der Waals surface area contributed by atoms with Crippen molar-refractivity contribution in [2.45, 2.75) is 32.7 Å². The first kappa shape index (κ1) is 16.7. The van der Waals surface area contributed by atoms with E-state index in [1.807, 2.05) is 51.1 Å². The Labute approximate surface area is 136 Å². The average Bonchev–Trinajstić information content (AvgIpc) is 2.47. The fourth-order valence-corrected chi connectivity index (χ4v) is 2.17. The Morgan fingerprint density at radius 1 is 0.913 bits per heavy atom. The van der Waals surface area contributed by atoms with E-state index in [9.17, 15) is 9.59 Å². The molecule has 0 aliphatic carbocycles. The number of amides is 2. The highest BCUT2D eigenvalue weighted by Gasteiger charge is 2.18. The van der Waals surface area contributed by atoms with Gasteiger partial charge in [-0.25, -0.2) is 0 Å². The van der Waals surface area contributed by atoms with Crippen LogP contribution in [-0.4, -0.2) is 17.4 Å². The van der Waals surface area contributed by atoms with Gasteiger partial charge in [0.25, 0.3) is 5.91 Å². The summed E-state index contributed by atoms with van der Waals surface area (Å²) >= 11 is 0. The van der Waals surface area contributed by atoms with E-state index in [1.54, 1.807) is 24.3 Å². The van der Waals surface area contributed by atoms with Crippen LogP contribution < -0.4 is 10.6 Å². The van der Waals surface area contributed by atoms with Gasteiger partial charge in [0.2, 0.25) is 5.91 Å². The van der Waals surface area contributed by atoms with Crippen molar-refractivity contribution in [3.63, 3.8) is 0 Å². The summed E-state index contributed by atoms with van der Waals surface area (Å²) in [7, 11) is 0. The second kappa shape index (κ2) is 7.09. The van der Waals surface area contributed by atoms with Crippen molar-refractivity contribution in [2.75, 3.05) is 5.32 Å². The van der Waals surface area contributed by atoms with Crippen molar-refractivity contribution in [3.05, 3.63) is 65.7 Å². The second-order valence-corrected chi connectivity index (χ2v) is 6.46. The molecule has 0 aliphatic heterocycles. The van der Waals surface area contributed by atoms with Crippen LogP contribution in [0.25, 0.3) is 0 Å². The maximum Gasteiger partial charge on any atom is 0.253 e. The minimum Gasteiger partial charge on any atom is -0.347 e. The molecule has 0 aromatic heterocycles. The molecule has 0 radical (unpaired) electrons. The molecule has 0 heterocycles. The van der Waals surface area contributed by atoms with Gasteiger partial charge in [-0.1, -0.05) is 42.5 Å². The van der Waals surface area contributed by atoms with Crippen LogP contribution in [0.1, 0.15) is 36.7 Å². The van der Waals surface area contributed by atoms with Gasteiger partial charge in [-0.3, -0.25) is 9.59 Å². The number of para-hydroxylation sites is 1. The highest BCUT2D eigenvalue weighted by molar-refractivity contribution is 6.04. The number of hydrogen-bond acceptors (Lipinski definition) is 2. The summed E-state index contributed by atoms with van der Waals surface area (Å²) < 4.78 is 0. The average molecular weight is 310 g/mol. The van der Waals surface area contributed by atoms with Crippen molar-refractivity contribution < 1.29 is 9.59 Å². The Morgan fingerprint density at radius 3 is 2.17 bits per heavy atom. The second-order valence-electron chi connectivity index (χ2n) is 6.46. The molecule has 0 fully saturated rings. The lowest BCUT2D eigenvalue weighted by Crippen LogP contribution is -2.40. The molecule has 0 saturated carbocycles. The highest BCUT2D eigenvalue weighted by atomic mass is 16.2. The molecule has 2 aromatic carbocycles. The molecule has 2 aromatic rings. The van der Waals surface area contributed by atoms with Crippen LogP contribution in [0.15, 0.2) is 54.6 Å². The molecule has 0 atom stereocenters. The number of anilines is 1. The standard InChI is InChI=1S/C19H22N2O2/c1-19(2,3)21-18(23)15-11-7-8-12-16(15)20-17(22)13-14-9-5-4-6-10-14/h4-12H,13H2,1-3H3,(H,20,22)(H,21,23). The van der Waals surface area contributed by atoms with Crippen LogP contribution in [0, 0.1) is 0 Å². The maximum atomic E-state index is 12.4. The Balaban J connectivity index is 2.11. The van der Waals surface area contributed by atoms with E-state index >= 15 is 0 Å². The zero-order valence-corrected chi connectivity index (χ0v) is 13.7. The molecule has 23 heavy (non-hydrogen) atoms. The summed E-state index contributed by atoms with van der Waals surface area (Å²) in [5, 5.41) is 5.73. The fourth-order valence-electron chi connectivity index (χ4n) is 2.17. The first-order chi connectivity index (χ1) is 10.8. The van der Waals surface area contributed by atoms with E-state index in [4.69, 9.17) is 0 Å². The van der Waals surface area contributed by atoms with Gasteiger partial charge in [-0.2, -0.15) is 0 Å². The third-order valence-corrected chi connectivity index (χ3v) is 3.14. The van der Waals surface area contributed by atoms with Gasteiger partial charge < -0.3 is 10.6 Å². The quantitative estimate of drug-likeness (QED) is 0.909. The van der Waals surface area contributed by atoms with Gasteiger partial charge >= 0.3 is 0 Å². The molecule has 2 amide bonds. The number of nitrogens with one attached hydrogen (secondary N) is 2. The molecule has 4 heteroatoms. The number of benzene rings is 2. The molecule has 2 rings (SSSR count). The lowest BCUT2D eigenvalue weighted by molar-refractivity contribution is -0.115. The van der Waals surface area contributed by atoms with Crippen LogP contribution in [0.2, 0.25) is 0 Å². The Hall–Kier alpha value is -2.62. The van der Waals surface area contributed by atoms with Crippen LogP contribution in [0.3, 0.4) is 0 Å². The van der Waals surface area contributed by atoms with Crippen molar-refractivity contribution in [2.24, 2.45) is 0 Å². The zero-order valence-electron chi connectivity index (χ0n) is 13.7. The molecule has 4 nitrogen and oxygen atoms in total. The topological polar surface area (TPSA) is 58.2 Å². The zero-order chi connectivity index (χ0) is 16.9. The van der Waals surface area contributed by atoms with Crippen molar-refractivity contribution in [1.82, 2.24) is 5.32 Å². The maximum absolute atomic E-state index is 12.4. The summed E-state index contributed by atoms with van der Waals surface area (Å²) in [5.41, 5.74) is 1.58. The molecular weight excluding hydrogens is 288 g/mol. The summed E-state index contributed by atoms with van der Waals surface area (Å²) in [5.74, 6) is -0.347. The third-order valence-electron chi connectivity index (χ3n) is 3.14. The molecule has 120 valence electrons. The summed E-state index contributed by atoms with van der Waals surface area (Å²) in [6.07, 6.45) is 0.274. The summed E-state index contributed by atoms with van der Waals surface area (Å²) in [6.45, 7) is 5.75. The molecule has 0 bridgehead atoms. The van der Waals surface area contributed by atoms with Crippen molar-refractivity contribution in [1.29, 1.82) is 0 Å². The molecule has 0 spiro atoms. The van der Waals surface area contributed by atoms with E-state index < -0.39 is 0 Å². The Kier molecular flexibility index (Phi) is 5.16. The Bertz CT molecular complexity index is 688. The minimum atomic E-state index is -0.335. The van der Waals surface area contributed by atoms with Gasteiger partial charge in [0, 0.05) is 5.54 Å².